The molecule has 4 N–H and O–H groups in total. The molecule has 3 amide bonds. The van der Waals surface area contributed by atoms with Crippen molar-refractivity contribution in [1.29, 1.82) is 0 Å². The number of anilines is 1. The third kappa shape index (κ3) is 4.53. The summed E-state index contributed by atoms with van der Waals surface area (Å²) in [5.41, 5.74) is 1.79. The summed E-state index contributed by atoms with van der Waals surface area (Å²) in [4.78, 5) is 53.6. The van der Waals surface area contributed by atoms with E-state index in [4.69, 9.17) is 0 Å². The average molecular weight is 464 g/mol. The summed E-state index contributed by atoms with van der Waals surface area (Å²) in [5.74, 6) is -2.53. The summed E-state index contributed by atoms with van der Waals surface area (Å²) in [6.45, 7) is 1.33. The van der Waals surface area contributed by atoms with Crippen LogP contribution in [0.2, 0.25) is 0 Å². The first-order chi connectivity index (χ1) is 16.3. The molecule has 4 rings (SSSR count). The minimum Gasteiger partial charge on any atom is -0.477 e. The molecule has 0 bridgehead atoms. The van der Waals surface area contributed by atoms with Crippen LogP contribution in [0, 0.1) is 5.92 Å². The van der Waals surface area contributed by atoms with E-state index in [1.807, 2.05) is 0 Å². The van der Waals surface area contributed by atoms with Crippen molar-refractivity contribution in [2.75, 3.05) is 11.9 Å². The number of fused-ring (bicyclic) bond motifs is 1. The highest BCUT2D eigenvalue weighted by Crippen LogP contribution is 2.46. The molecule has 1 saturated heterocycles. The number of hydrogen-bond acceptors (Lipinski definition) is 6. The Hall–Kier alpha value is -4.05. The fourth-order valence-electron chi connectivity index (χ4n) is 4.40. The molecule has 1 aromatic carbocycles. The predicted octanol–water partition coefficient (Wildman–Crippen LogP) is 0.786. The summed E-state index contributed by atoms with van der Waals surface area (Å²) < 4.78 is 0. The molecule has 34 heavy (non-hydrogen) atoms. The third-order valence-corrected chi connectivity index (χ3v) is 5.98. The first kappa shape index (κ1) is 23.1. The van der Waals surface area contributed by atoms with E-state index in [-0.39, 0.29) is 36.5 Å². The molecule has 2 aliphatic heterocycles. The maximum absolute atomic E-state index is 12.4. The molecule has 3 heterocycles. The Morgan fingerprint density at radius 2 is 1.88 bits per heavy atom. The number of amides is 3. The zero-order chi connectivity index (χ0) is 24.4. The van der Waals surface area contributed by atoms with Crippen LogP contribution in [0.5, 0.6) is 0 Å². The first-order valence-electron chi connectivity index (χ1n) is 10.8. The van der Waals surface area contributed by atoms with Gasteiger partial charge in [-0.1, -0.05) is 30.3 Å². The van der Waals surface area contributed by atoms with Crippen LogP contribution >= 0.6 is 0 Å². The Labute approximate surface area is 195 Å². The van der Waals surface area contributed by atoms with Gasteiger partial charge in [0, 0.05) is 6.20 Å². The van der Waals surface area contributed by atoms with Crippen molar-refractivity contribution in [3.05, 3.63) is 65.5 Å². The number of carboxylic acids is 1. The van der Waals surface area contributed by atoms with E-state index in [0.717, 1.165) is 0 Å². The van der Waals surface area contributed by atoms with E-state index in [0.29, 0.717) is 28.9 Å². The lowest BCUT2D eigenvalue weighted by atomic mass is 9.82. The Morgan fingerprint density at radius 1 is 1.15 bits per heavy atom. The average Bonchev–Trinajstić information content (AvgIpc) is 3.14. The van der Waals surface area contributed by atoms with Gasteiger partial charge in [-0.05, 0) is 42.2 Å². The molecule has 1 aromatic heterocycles. The van der Waals surface area contributed by atoms with Crippen molar-refractivity contribution >= 4 is 35.1 Å². The van der Waals surface area contributed by atoms with Crippen LogP contribution in [0.25, 0.3) is 5.57 Å². The largest absolute Gasteiger partial charge is 0.477 e. The highest BCUT2D eigenvalue weighted by molar-refractivity contribution is 6.06. The molecule has 0 radical (unpaired) electrons. The standard InChI is InChI=1S/C24H24N4O6/c1-13(29)21-17-11-16(22(24(33)34)28(17)23(21)32)15-7-5-14(6-8-15)10-19(30)26-12-20(31)27-18-4-2-3-9-25-18/h2-9,13,17,21,29H,10-12H2,1H3,(H,26,30)(H,33,34)(H,25,27,31)/t13-,17-,21-/m1/s1. The summed E-state index contributed by atoms with van der Waals surface area (Å²) in [5, 5.41) is 24.7. The van der Waals surface area contributed by atoms with E-state index in [1.165, 1.54) is 11.8 Å². The van der Waals surface area contributed by atoms with Gasteiger partial charge in [0.2, 0.25) is 17.7 Å². The number of rotatable bonds is 8. The Morgan fingerprint density at radius 3 is 2.50 bits per heavy atom. The molecule has 0 spiro atoms. The quantitative estimate of drug-likeness (QED) is 0.422. The van der Waals surface area contributed by atoms with Crippen molar-refractivity contribution in [2.45, 2.75) is 31.9 Å². The van der Waals surface area contributed by atoms with E-state index in [1.54, 1.807) is 48.7 Å². The van der Waals surface area contributed by atoms with Gasteiger partial charge in [0.1, 0.15) is 11.5 Å². The van der Waals surface area contributed by atoms with Crippen molar-refractivity contribution < 1.29 is 29.4 Å². The topological polar surface area (TPSA) is 149 Å². The number of aromatic nitrogens is 1. The van der Waals surface area contributed by atoms with Gasteiger partial charge in [-0.15, -0.1) is 0 Å². The smallest absolute Gasteiger partial charge is 0.352 e. The van der Waals surface area contributed by atoms with Gasteiger partial charge in [0.25, 0.3) is 0 Å². The number of carboxylic acid groups (broad SMARTS) is 1. The number of benzene rings is 1. The summed E-state index contributed by atoms with van der Waals surface area (Å²) in [6, 6.07) is 11.6. The number of carbonyl (C=O) groups is 4. The monoisotopic (exact) mass is 464 g/mol. The Bertz CT molecular complexity index is 1160. The van der Waals surface area contributed by atoms with E-state index in [9.17, 15) is 29.4 Å². The lowest BCUT2D eigenvalue weighted by Gasteiger charge is -2.44. The fourth-order valence-corrected chi connectivity index (χ4v) is 4.40. The van der Waals surface area contributed by atoms with Gasteiger partial charge >= 0.3 is 5.97 Å². The van der Waals surface area contributed by atoms with Gasteiger partial charge in [-0.3, -0.25) is 14.4 Å². The summed E-state index contributed by atoms with van der Waals surface area (Å²) >= 11 is 0. The molecule has 2 aromatic rings. The van der Waals surface area contributed by atoms with E-state index in [2.05, 4.69) is 15.6 Å². The van der Waals surface area contributed by atoms with Gasteiger partial charge in [0.15, 0.2) is 0 Å². The van der Waals surface area contributed by atoms with Gasteiger partial charge in [-0.2, -0.15) is 0 Å². The molecular formula is C24H24N4O6. The van der Waals surface area contributed by atoms with E-state index >= 15 is 0 Å². The molecule has 176 valence electrons. The zero-order valence-electron chi connectivity index (χ0n) is 18.4. The van der Waals surface area contributed by atoms with Gasteiger partial charge in [0.05, 0.1) is 31.0 Å². The molecule has 0 unspecified atom stereocenters. The SMILES string of the molecule is C[C@@H](O)[C@H]1C(=O)N2C(C(=O)O)=C(c3ccc(CC(=O)NCC(=O)Nc4ccccn4)cc3)C[C@H]12. The van der Waals surface area contributed by atoms with Crippen LogP contribution in [0.4, 0.5) is 5.82 Å². The molecule has 2 aliphatic rings. The predicted molar refractivity (Wildman–Crippen MR) is 121 cm³/mol. The van der Waals surface area contributed by atoms with Crippen LogP contribution in [0.3, 0.4) is 0 Å². The molecule has 0 saturated carbocycles. The highest BCUT2D eigenvalue weighted by atomic mass is 16.4. The van der Waals surface area contributed by atoms with Gasteiger partial charge < -0.3 is 25.7 Å². The summed E-state index contributed by atoms with van der Waals surface area (Å²) in [6.07, 6.45) is 1.08. The van der Waals surface area contributed by atoms with Crippen molar-refractivity contribution in [1.82, 2.24) is 15.2 Å². The number of nitrogens with zero attached hydrogens (tertiary/aromatic N) is 2. The number of carbonyl (C=O) groups excluding carboxylic acids is 3. The van der Waals surface area contributed by atoms with Crippen molar-refractivity contribution in [2.24, 2.45) is 5.92 Å². The molecule has 10 heteroatoms. The maximum Gasteiger partial charge on any atom is 0.352 e. The van der Waals surface area contributed by atoms with Gasteiger partial charge in [-0.25, -0.2) is 9.78 Å². The second-order valence-electron chi connectivity index (χ2n) is 8.29. The van der Waals surface area contributed by atoms with Crippen LogP contribution in [-0.4, -0.2) is 62.5 Å². The van der Waals surface area contributed by atoms with E-state index < -0.39 is 23.9 Å². The Balaban J connectivity index is 1.37. The van der Waals surface area contributed by atoms with Crippen LogP contribution in [0.1, 0.15) is 24.5 Å². The third-order valence-electron chi connectivity index (χ3n) is 5.98. The lowest BCUT2D eigenvalue weighted by molar-refractivity contribution is -0.161. The number of hydrogen-bond donors (Lipinski definition) is 4. The number of nitrogens with one attached hydrogen (secondary N) is 2. The minimum atomic E-state index is -1.19. The molecular weight excluding hydrogens is 440 g/mol. The number of aliphatic hydroxyl groups excluding tert-OH is 1. The van der Waals surface area contributed by atoms with Crippen LogP contribution in [0.15, 0.2) is 54.4 Å². The molecule has 1 fully saturated rings. The normalized spacial score (nSPS) is 19.8. The number of pyridine rings is 1. The molecule has 3 atom stereocenters. The Kier molecular flexibility index (Phi) is 6.42. The minimum absolute atomic E-state index is 0.0410. The second kappa shape index (κ2) is 9.44. The molecule has 0 aliphatic carbocycles. The number of aliphatic hydroxyl groups is 1. The number of β-lactam (4-membered cyclic amide) rings is 1. The molecule has 10 nitrogen and oxygen atoms in total. The lowest BCUT2D eigenvalue weighted by Crippen LogP contribution is -2.61. The number of aliphatic carboxylic acids is 1. The fraction of sp³-hybridized carbons (Fsp3) is 0.292. The zero-order valence-corrected chi connectivity index (χ0v) is 18.4. The van der Waals surface area contributed by atoms with Crippen molar-refractivity contribution in [3.8, 4) is 0 Å². The second-order valence-corrected chi connectivity index (χ2v) is 8.29. The van der Waals surface area contributed by atoms with Crippen LogP contribution < -0.4 is 10.6 Å². The maximum atomic E-state index is 12.4. The van der Waals surface area contributed by atoms with Crippen LogP contribution in [-0.2, 0) is 25.6 Å². The highest BCUT2D eigenvalue weighted by Gasteiger charge is 2.56. The first-order valence-corrected chi connectivity index (χ1v) is 10.8. The summed E-state index contributed by atoms with van der Waals surface area (Å²) in [7, 11) is 0. The van der Waals surface area contributed by atoms with Crippen molar-refractivity contribution in [3.63, 3.8) is 0 Å².